The normalized spacial score (nSPS) is 13.6. The summed E-state index contributed by atoms with van der Waals surface area (Å²) in [5, 5.41) is 29.2. The fourth-order valence-corrected chi connectivity index (χ4v) is 2.39. The van der Waals surface area contributed by atoms with E-state index in [0.29, 0.717) is 16.3 Å². The number of nitrogens with zero attached hydrogens (tertiary/aromatic N) is 1. The van der Waals surface area contributed by atoms with Crippen LogP contribution in [0.2, 0.25) is 5.02 Å². The second-order valence-corrected chi connectivity index (χ2v) is 5.69. The summed E-state index contributed by atoms with van der Waals surface area (Å²) in [6.07, 6.45) is -1.93. The second kappa shape index (κ2) is 7.51. The Kier molecular flexibility index (Phi) is 6.32. The highest BCUT2D eigenvalue weighted by Crippen LogP contribution is 2.25. The number of nitriles is 1. The summed E-state index contributed by atoms with van der Waals surface area (Å²) in [6.45, 7) is 1.44. The number of hydrogen-bond acceptors (Lipinski definition) is 5. The first-order valence-electron chi connectivity index (χ1n) is 5.64. The highest BCUT2D eigenvalue weighted by Gasteiger charge is 2.21. The van der Waals surface area contributed by atoms with E-state index in [-0.39, 0.29) is 17.1 Å². The lowest BCUT2D eigenvalue weighted by Crippen LogP contribution is -2.20. The first-order valence-corrected chi connectivity index (χ1v) is 7.01. The number of halogens is 1. The van der Waals surface area contributed by atoms with E-state index in [2.05, 4.69) is 0 Å². The number of carbonyl (C=O) groups excluding carboxylic acids is 1. The molecule has 0 aliphatic rings. The molecule has 1 rings (SSSR count). The molecule has 0 saturated heterocycles. The van der Waals surface area contributed by atoms with E-state index in [1.807, 2.05) is 6.07 Å². The molecule has 4 nitrogen and oxygen atoms in total. The van der Waals surface area contributed by atoms with Gasteiger partial charge in [-0.25, -0.2) is 0 Å². The predicted octanol–water partition coefficient (Wildman–Crippen LogP) is 2.28. The molecule has 2 unspecified atom stereocenters. The van der Waals surface area contributed by atoms with Crippen LogP contribution in [0, 0.1) is 11.3 Å². The van der Waals surface area contributed by atoms with Crippen molar-refractivity contribution in [2.24, 2.45) is 0 Å². The Morgan fingerprint density at radius 3 is 2.79 bits per heavy atom. The van der Waals surface area contributed by atoms with Gasteiger partial charge in [0.2, 0.25) is 0 Å². The zero-order valence-electron chi connectivity index (χ0n) is 10.3. The van der Waals surface area contributed by atoms with Gasteiger partial charge in [0.25, 0.3) is 0 Å². The van der Waals surface area contributed by atoms with E-state index in [1.165, 1.54) is 19.1 Å². The van der Waals surface area contributed by atoms with Crippen LogP contribution in [0.3, 0.4) is 0 Å². The van der Waals surface area contributed by atoms with Crippen molar-refractivity contribution in [3.63, 3.8) is 0 Å². The maximum atomic E-state index is 10.8. The molecule has 0 fully saturated rings. The zero-order valence-corrected chi connectivity index (χ0v) is 11.9. The molecule has 6 heteroatoms. The monoisotopic (exact) mass is 299 g/mol. The Hall–Kier alpha value is -1.06. The SMILES string of the molecule is CC(=O)SCCC(O)C(O)c1ccc(Cl)cc1C#N. The minimum absolute atomic E-state index is 0.0362. The van der Waals surface area contributed by atoms with Crippen molar-refractivity contribution >= 4 is 28.5 Å². The van der Waals surface area contributed by atoms with Crippen LogP contribution < -0.4 is 0 Å². The minimum atomic E-state index is -1.17. The van der Waals surface area contributed by atoms with E-state index in [9.17, 15) is 15.0 Å². The lowest BCUT2D eigenvalue weighted by atomic mass is 9.98. The number of aliphatic hydroxyl groups excluding tert-OH is 2. The summed E-state index contributed by atoms with van der Waals surface area (Å²) < 4.78 is 0. The second-order valence-electron chi connectivity index (χ2n) is 3.98. The van der Waals surface area contributed by atoms with Crippen LogP contribution in [0.4, 0.5) is 0 Å². The first-order chi connectivity index (χ1) is 8.95. The van der Waals surface area contributed by atoms with Gasteiger partial charge in [0.15, 0.2) is 5.12 Å². The Morgan fingerprint density at radius 1 is 1.53 bits per heavy atom. The first kappa shape index (κ1) is 16.0. The molecular formula is C13H14ClNO3S. The largest absolute Gasteiger partial charge is 0.390 e. The van der Waals surface area contributed by atoms with Crippen LogP contribution in [0.5, 0.6) is 0 Å². The summed E-state index contributed by atoms with van der Waals surface area (Å²) in [6, 6.07) is 6.45. The smallest absolute Gasteiger partial charge is 0.185 e. The van der Waals surface area contributed by atoms with Crippen molar-refractivity contribution in [3.8, 4) is 6.07 Å². The van der Waals surface area contributed by atoms with Gasteiger partial charge in [-0.2, -0.15) is 5.26 Å². The molecule has 1 aromatic rings. The van der Waals surface area contributed by atoms with Crippen LogP contribution in [0.1, 0.15) is 30.6 Å². The number of thioether (sulfide) groups is 1. The van der Waals surface area contributed by atoms with Crippen LogP contribution in [-0.2, 0) is 4.79 Å². The average Bonchev–Trinajstić information content (AvgIpc) is 2.37. The molecule has 0 aliphatic heterocycles. The molecule has 0 bridgehead atoms. The summed E-state index contributed by atoms with van der Waals surface area (Å²) in [7, 11) is 0. The minimum Gasteiger partial charge on any atom is -0.390 e. The molecule has 102 valence electrons. The molecule has 0 aromatic heterocycles. The molecule has 0 aliphatic carbocycles. The fraction of sp³-hybridized carbons (Fsp3) is 0.385. The highest BCUT2D eigenvalue weighted by atomic mass is 35.5. The third-order valence-corrected chi connectivity index (χ3v) is 3.62. The molecule has 2 N–H and O–H groups in total. The van der Waals surface area contributed by atoms with Gasteiger partial charge in [0.1, 0.15) is 6.10 Å². The number of aliphatic hydroxyl groups is 2. The zero-order chi connectivity index (χ0) is 14.4. The summed E-state index contributed by atoms with van der Waals surface area (Å²) in [5.74, 6) is 0.420. The van der Waals surface area contributed by atoms with Crippen LogP contribution >= 0.6 is 23.4 Å². The van der Waals surface area contributed by atoms with Gasteiger partial charge in [0, 0.05) is 23.3 Å². The Bertz CT molecular complexity index is 501. The molecule has 19 heavy (non-hydrogen) atoms. The van der Waals surface area contributed by atoms with Crippen LogP contribution in [0.15, 0.2) is 18.2 Å². The molecule has 0 heterocycles. The Labute approximate surface area is 121 Å². The van der Waals surface area contributed by atoms with Gasteiger partial charge in [0.05, 0.1) is 17.7 Å². The van der Waals surface area contributed by atoms with Gasteiger partial charge in [-0.1, -0.05) is 29.4 Å². The fourth-order valence-electron chi connectivity index (χ4n) is 1.57. The van der Waals surface area contributed by atoms with E-state index >= 15 is 0 Å². The topological polar surface area (TPSA) is 81.3 Å². The van der Waals surface area contributed by atoms with E-state index in [0.717, 1.165) is 11.8 Å². The van der Waals surface area contributed by atoms with E-state index < -0.39 is 12.2 Å². The lowest BCUT2D eigenvalue weighted by Gasteiger charge is -2.18. The van der Waals surface area contributed by atoms with Crippen molar-refractivity contribution in [1.29, 1.82) is 5.26 Å². The number of carbonyl (C=O) groups is 1. The van der Waals surface area contributed by atoms with Gasteiger partial charge < -0.3 is 10.2 Å². The Morgan fingerprint density at radius 2 is 2.21 bits per heavy atom. The van der Waals surface area contributed by atoms with E-state index in [4.69, 9.17) is 16.9 Å². The number of rotatable bonds is 5. The molecule has 2 atom stereocenters. The molecule has 0 spiro atoms. The average molecular weight is 300 g/mol. The van der Waals surface area contributed by atoms with Crippen molar-refractivity contribution in [2.45, 2.75) is 25.6 Å². The predicted molar refractivity (Wildman–Crippen MR) is 74.9 cm³/mol. The molecule has 0 amide bonds. The van der Waals surface area contributed by atoms with Gasteiger partial charge in [-0.05, 0) is 18.6 Å². The van der Waals surface area contributed by atoms with Crippen LogP contribution in [-0.4, -0.2) is 27.2 Å². The van der Waals surface area contributed by atoms with Gasteiger partial charge in [-0.3, -0.25) is 4.79 Å². The number of benzene rings is 1. The Balaban J connectivity index is 2.74. The van der Waals surface area contributed by atoms with E-state index in [1.54, 1.807) is 6.07 Å². The summed E-state index contributed by atoms with van der Waals surface area (Å²) in [4.78, 5) is 10.8. The summed E-state index contributed by atoms with van der Waals surface area (Å²) >= 11 is 6.85. The number of hydrogen-bond donors (Lipinski definition) is 2. The maximum Gasteiger partial charge on any atom is 0.185 e. The van der Waals surface area contributed by atoms with Gasteiger partial charge >= 0.3 is 0 Å². The molecule has 1 aromatic carbocycles. The van der Waals surface area contributed by atoms with Crippen molar-refractivity contribution in [2.75, 3.05) is 5.75 Å². The quantitative estimate of drug-likeness (QED) is 0.871. The molecule has 0 radical (unpaired) electrons. The van der Waals surface area contributed by atoms with Crippen molar-refractivity contribution in [3.05, 3.63) is 34.3 Å². The molecular weight excluding hydrogens is 286 g/mol. The third kappa shape index (κ3) is 4.84. The third-order valence-electron chi connectivity index (χ3n) is 2.54. The highest BCUT2D eigenvalue weighted by molar-refractivity contribution is 8.13. The summed E-state index contributed by atoms with van der Waals surface area (Å²) in [5.41, 5.74) is 0.575. The van der Waals surface area contributed by atoms with Crippen molar-refractivity contribution in [1.82, 2.24) is 0 Å². The standard InChI is InChI=1S/C13H14ClNO3S/c1-8(16)19-5-4-12(17)13(18)11-3-2-10(14)6-9(11)7-15/h2-3,6,12-13,17-18H,4-5H2,1H3. The van der Waals surface area contributed by atoms with Crippen molar-refractivity contribution < 1.29 is 15.0 Å². The van der Waals surface area contributed by atoms with Gasteiger partial charge in [-0.15, -0.1) is 0 Å². The maximum absolute atomic E-state index is 10.8. The lowest BCUT2D eigenvalue weighted by molar-refractivity contribution is -0.109. The van der Waals surface area contributed by atoms with Crippen LogP contribution in [0.25, 0.3) is 0 Å². The molecule has 0 saturated carbocycles.